The molecule has 0 unspecified atom stereocenters. The van der Waals surface area contributed by atoms with Crippen LogP contribution in [-0.4, -0.2) is 60.4 Å². The lowest BCUT2D eigenvalue weighted by Gasteiger charge is -2.14. The first kappa shape index (κ1) is 23.9. The van der Waals surface area contributed by atoms with E-state index in [1.165, 1.54) is 12.8 Å². The largest absolute Gasteiger partial charge is 0.493 e. The number of ether oxygens (including phenoxy) is 4. The molecule has 29 heavy (non-hydrogen) atoms. The van der Waals surface area contributed by atoms with Crippen molar-refractivity contribution in [3.63, 3.8) is 0 Å². The minimum Gasteiger partial charge on any atom is -0.493 e. The van der Waals surface area contributed by atoms with Crippen LogP contribution in [-0.2, 0) is 25.9 Å². The van der Waals surface area contributed by atoms with Crippen LogP contribution in [0.15, 0.2) is 18.2 Å². The topological polar surface area (TPSA) is 83.1 Å². The molecule has 0 radical (unpaired) electrons. The molecule has 166 valence electrons. The lowest BCUT2D eigenvalue weighted by Crippen LogP contribution is -2.30. The summed E-state index contributed by atoms with van der Waals surface area (Å²) in [6, 6.07) is 5.75. The van der Waals surface area contributed by atoms with Gasteiger partial charge in [-0.3, -0.25) is 0 Å². The Balaban J connectivity index is 1.85. The molecule has 1 aromatic carbocycles. The molecular formula is C21H35NO6S. The van der Waals surface area contributed by atoms with Gasteiger partial charge in [0.1, 0.15) is 18.1 Å². The van der Waals surface area contributed by atoms with E-state index in [2.05, 4.69) is 4.72 Å². The van der Waals surface area contributed by atoms with Gasteiger partial charge in [0.05, 0.1) is 31.7 Å². The number of sulfonamides is 1. The molecule has 1 saturated carbocycles. The molecule has 0 heterocycles. The number of rotatable bonds is 16. The minimum absolute atomic E-state index is 0.0723. The molecule has 0 bridgehead atoms. The van der Waals surface area contributed by atoms with Crippen molar-refractivity contribution in [3.8, 4) is 11.5 Å². The van der Waals surface area contributed by atoms with Gasteiger partial charge in [0, 0.05) is 19.7 Å². The molecule has 0 spiro atoms. The Labute approximate surface area is 175 Å². The summed E-state index contributed by atoms with van der Waals surface area (Å²) in [5.41, 5.74) is 1.00. The summed E-state index contributed by atoms with van der Waals surface area (Å²) >= 11 is 0. The lowest BCUT2D eigenvalue weighted by molar-refractivity contribution is 0.0834. The smallest absolute Gasteiger partial charge is 0.211 e. The van der Waals surface area contributed by atoms with Gasteiger partial charge < -0.3 is 18.9 Å². The van der Waals surface area contributed by atoms with Gasteiger partial charge in [-0.05, 0) is 57.1 Å². The standard InChI is InChI=1S/C21H35NO6S/c1-17(2)26-11-10-22-29(23,24)14-4-5-19-8-9-20(27-13-12-25-3)15-21(19)28-16-18-6-7-18/h8-9,15,17-18,22H,4-7,10-14,16H2,1-3H3. The zero-order valence-electron chi connectivity index (χ0n) is 17.8. The van der Waals surface area contributed by atoms with Crippen LogP contribution in [0.3, 0.4) is 0 Å². The third-order valence-electron chi connectivity index (χ3n) is 4.50. The minimum atomic E-state index is -3.31. The van der Waals surface area contributed by atoms with Crippen molar-refractivity contribution in [1.29, 1.82) is 0 Å². The van der Waals surface area contributed by atoms with Crippen LogP contribution in [0.25, 0.3) is 0 Å². The normalized spacial score (nSPS) is 14.3. The second kappa shape index (κ2) is 12.4. The predicted octanol–water partition coefficient (Wildman–Crippen LogP) is 2.78. The molecule has 1 N–H and O–H groups in total. The SMILES string of the molecule is COCCOc1ccc(CCCS(=O)(=O)NCCOC(C)C)c(OCC2CC2)c1. The van der Waals surface area contributed by atoms with Crippen LogP contribution in [0.4, 0.5) is 0 Å². The van der Waals surface area contributed by atoms with E-state index in [1.54, 1.807) is 7.11 Å². The Hall–Kier alpha value is -1.35. The molecule has 1 aliphatic rings. The Morgan fingerprint density at radius 2 is 1.93 bits per heavy atom. The number of hydrogen-bond acceptors (Lipinski definition) is 6. The molecule has 0 saturated heterocycles. The predicted molar refractivity (Wildman–Crippen MR) is 113 cm³/mol. The van der Waals surface area contributed by atoms with Crippen LogP contribution in [0.5, 0.6) is 11.5 Å². The zero-order valence-corrected chi connectivity index (χ0v) is 18.6. The van der Waals surface area contributed by atoms with Crippen molar-refractivity contribution in [1.82, 2.24) is 4.72 Å². The van der Waals surface area contributed by atoms with E-state index in [4.69, 9.17) is 18.9 Å². The van der Waals surface area contributed by atoms with Crippen LogP contribution >= 0.6 is 0 Å². The number of benzene rings is 1. The fourth-order valence-electron chi connectivity index (χ4n) is 2.72. The lowest BCUT2D eigenvalue weighted by atomic mass is 10.1. The van der Waals surface area contributed by atoms with Gasteiger partial charge >= 0.3 is 0 Å². The molecule has 0 aliphatic heterocycles. The first-order chi connectivity index (χ1) is 13.9. The van der Waals surface area contributed by atoms with Gasteiger partial charge in [-0.2, -0.15) is 0 Å². The van der Waals surface area contributed by atoms with Gasteiger partial charge in [-0.15, -0.1) is 0 Å². The summed E-state index contributed by atoms with van der Waals surface area (Å²) in [6.45, 7) is 6.21. The summed E-state index contributed by atoms with van der Waals surface area (Å²) in [7, 11) is -1.67. The molecule has 1 fully saturated rings. The Bertz CT molecular complexity index is 703. The van der Waals surface area contributed by atoms with Crippen molar-refractivity contribution in [2.24, 2.45) is 5.92 Å². The molecule has 0 atom stereocenters. The Morgan fingerprint density at radius 3 is 2.62 bits per heavy atom. The highest BCUT2D eigenvalue weighted by atomic mass is 32.2. The number of aryl methyl sites for hydroxylation is 1. The molecule has 8 heteroatoms. The monoisotopic (exact) mass is 429 g/mol. The number of hydrogen-bond donors (Lipinski definition) is 1. The molecule has 2 rings (SSSR count). The maximum Gasteiger partial charge on any atom is 0.211 e. The summed E-state index contributed by atoms with van der Waals surface area (Å²) in [5, 5.41) is 0. The highest BCUT2D eigenvalue weighted by Crippen LogP contribution is 2.32. The fraction of sp³-hybridized carbons (Fsp3) is 0.714. The molecule has 0 amide bonds. The Morgan fingerprint density at radius 1 is 1.14 bits per heavy atom. The third kappa shape index (κ3) is 10.3. The first-order valence-corrected chi connectivity index (χ1v) is 12.0. The van der Waals surface area contributed by atoms with E-state index in [0.29, 0.717) is 51.7 Å². The molecule has 7 nitrogen and oxygen atoms in total. The maximum atomic E-state index is 12.1. The van der Waals surface area contributed by atoms with E-state index in [0.717, 1.165) is 17.1 Å². The maximum absolute atomic E-state index is 12.1. The van der Waals surface area contributed by atoms with Gasteiger partial charge in [-0.1, -0.05) is 6.07 Å². The molecule has 1 aromatic rings. The second-order valence-electron chi connectivity index (χ2n) is 7.60. The second-order valence-corrected chi connectivity index (χ2v) is 9.53. The van der Waals surface area contributed by atoms with Crippen molar-refractivity contribution < 1.29 is 27.4 Å². The summed E-state index contributed by atoms with van der Waals surface area (Å²) in [5.74, 6) is 2.22. The van der Waals surface area contributed by atoms with Crippen molar-refractivity contribution in [3.05, 3.63) is 23.8 Å². The quantitative estimate of drug-likeness (QED) is 0.407. The van der Waals surface area contributed by atoms with Gasteiger partial charge in [0.25, 0.3) is 0 Å². The van der Waals surface area contributed by atoms with E-state index in [-0.39, 0.29) is 11.9 Å². The van der Waals surface area contributed by atoms with Crippen molar-refractivity contribution in [2.45, 2.75) is 45.6 Å². The third-order valence-corrected chi connectivity index (χ3v) is 5.97. The fourth-order valence-corrected chi connectivity index (χ4v) is 3.78. The summed E-state index contributed by atoms with van der Waals surface area (Å²) < 4.78 is 48.9. The highest BCUT2D eigenvalue weighted by molar-refractivity contribution is 7.89. The molecule has 1 aliphatic carbocycles. The van der Waals surface area contributed by atoms with E-state index in [9.17, 15) is 8.42 Å². The Kier molecular flexibility index (Phi) is 10.2. The van der Waals surface area contributed by atoms with E-state index >= 15 is 0 Å². The van der Waals surface area contributed by atoms with Gasteiger partial charge in [0.15, 0.2) is 0 Å². The summed E-state index contributed by atoms with van der Waals surface area (Å²) in [6.07, 6.45) is 3.66. The zero-order chi connectivity index (χ0) is 21.1. The van der Waals surface area contributed by atoms with E-state index in [1.807, 2.05) is 32.0 Å². The van der Waals surface area contributed by atoms with Crippen molar-refractivity contribution >= 4 is 10.0 Å². The van der Waals surface area contributed by atoms with Gasteiger partial charge in [0.2, 0.25) is 10.0 Å². The number of nitrogens with one attached hydrogen (secondary N) is 1. The molecule has 0 aromatic heterocycles. The van der Waals surface area contributed by atoms with E-state index < -0.39 is 10.0 Å². The summed E-state index contributed by atoms with van der Waals surface area (Å²) in [4.78, 5) is 0. The van der Waals surface area contributed by atoms with Gasteiger partial charge in [-0.25, -0.2) is 13.1 Å². The average Bonchev–Trinajstić information content (AvgIpc) is 3.49. The highest BCUT2D eigenvalue weighted by Gasteiger charge is 2.22. The van der Waals surface area contributed by atoms with Crippen LogP contribution in [0, 0.1) is 5.92 Å². The van der Waals surface area contributed by atoms with Crippen molar-refractivity contribution in [2.75, 3.05) is 45.8 Å². The first-order valence-electron chi connectivity index (χ1n) is 10.4. The van der Waals surface area contributed by atoms with Crippen LogP contribution in [0.1, 0.15) is 38.7 Å². The van der Waals surface area contributed by atoms with Crippen LogP contribution < -0.4 is 14.2 Å². The van der Waals surface area contributed by atoms with Crippen LogP contribution in [0.2, 0.25) is 0 Å². The average molecular weight is 430 g/mol. The molecular weight excluding hydrogens is 394 g/mol. The number of methoxy groups -OCH3 is 1.